The topological polar surface area (TPSA) is 35.2 Å². The second kappa shape index (κ2) is 7.48. The quantitative estimate of drug-likeness (QED) is 0.866. The Morgan fingerprint density at radius 1 is 1.19 bits per heavy atom. The lowest BCUT2D eigenvalue weighted by Gasteiger charge is -2.11. The maximum absolute atomic E-state index is 14.2. The molecule has 1 unspecified atom stereocenters. The zero-order chi connectivity index (χ0) is 15.2. The highest BCUT2D eigenvalue weighted by molar-refractivity contribution is 7.99. The molecule has 2 aromatic rings. The summed E-state index contributed by atoms with van der Waals surface area (Å²) < 4.78 is 19.5. The van der Waals surface area contributed by atoms with Gasteiger partial charge in [-0.05, 0) is 42.7 Å². The largest absolute Gasteiger partial charge is 0.496 e. The molecule has 0 amide bonds. The van der Waals surface area contributed by atoms with Crippen LogP contribution in [0.4, 0.5) is 4.39 Å². The molecule has 2 aromatic carbocycles. The van der Waals surface area contributed by atoms with Crippen molar-refractivity contribution < 1.29 is 9.13 Å². The molecule has 0 bridgehead atoms. The Morgan fingerprint density at radius 3 is 2.62 bits per heavy atom. The molecular formula is C17H20FNOS. The van der Waals surface area contributed by atoms with E-state index in [9.17, 15) is 4.39 Å². The van der Waals surface area contributed by atoms with Crippen molar-refractivity contribution >= 4 is 11.8 Å². The number of para-hydroxylation sites is 1. The van der Waals surface area contributed by atoms with Gasteiger partial charge in [0.05, 0.1) is 12.0 Å². The number of methoxy groups -OCH3 is 1. The number of hydrogen-bond acceptors (Lipinski definition) is 3. The Hall–Kier alpha value is -1.52. The van der Waals surface area contributed by atoms with Crippen molar-refractivity contribution in [2.45, 2.75) is 35.6 Å². The number of benzene rings is 2. The van der Waals surface area contributed by atoms with E-state index in [4.69, 9.17) is 10.5 Å². The van der Waals surface area contributed by atoms with Crippen LogP contribution in [0.3, 0.4) is 0 Å². The van der Waals surface area contributed by atoms with Gasteiger partial charge in [-0.2, -0.15) is 0 Å². The van der Waals surface area contributed by atoms with Crippen molar-refractivity contribution in [3.05, 3.63) is 53.8 Å². The summed E-state index contributed by atoms with van der Waals surface area (Å²) in [6.45, 7) is 2.03. The van der Waals surface area contributed by atoms with Crippen LogP contribution in [0.1, 0.15) is 18.9 Å². The van der Waals surface area contributed by atoms with Gasteiger partial charge in [0.1, 0.15) is 11.6 Å². The fourth-order valence-corrected chi connectivity index (χ4v) is 2.95. The third kappa shape index (κ3) is 4.22. The van der Waals surface area contributed by atoms with Crippen LogP contribution < -0.4 is 10.5 Å². The number of ether oxygens (including phenoxy) is 1. The highest BCUT2D eigenvalue weighted by atomic mass is 32.2. The standard InChI is InChI=1S/C17H20FNOS/c1-3-13(19)10-12-8-9-16(14(18)11-12)21-17-7-5-4-6-15(17)20-2/h4-9,11,13H,3,10,19H2,1-2H3. The van der Waals surface area contributed by atoms with E-state index in [0.29, 0.717) is 11.3 Å². The lowest BCUT2D eigenvalue weighted by atomic mass is 10.0. The minimum atomic E-state index is -0.216. The summed E-state index contributed by atoms with van der Waals surface area (Å²) in [6.07, 6.45) is 1.59. The Balaban J connectivity index is 2.17. The van der Waals surface area contributed by atoms with Crippen molar-refractivity contribution in [1.29, 1.82) is 0 Å². The molecule has 112 valence electrons. The van der Waals surface area contributed by atoms with Crippen molar-refractivity contribution in [3.8, 4) is 5.75 Å². The average Bonchev–Trinajstić information content (AvgIpc) is 2.50. The third-order valence-electron chi connectivity index (χ3n) is 3.31. The zero-order valence-electron chi connectivity index (χ0n) is 12.3. The zero-order valence-corrected chi connectivity index (χ0v) is 13.1. The molecule has 0 aromatic heterocycles. The normalized spacial score (nSPS) is 12.2. The van der Waals surface area contributed by atoms with E-state index in [2.05, 4.69) is 0 Å². The Bertz CT molecular complexity index is 603. The van der Waals surface area contributed by atoms with Gasteiger partial charge < -0.3 is 10.5 Å². The molecule has 0 radical (unpaired) electrons. The minimum absolute atomic E-state index is 0.0807. The fraction of sp³-hybridized carbons (Fsp3) is 0.294. The maximum Gasteiger partial charge on any atom is 0.137 e. The van der Waals surface area contributed by atoms with E-state index >= 15 is 0 Å². The Labute approximate surface area is 129 Å². The first-order valence-electron chi connectivity index (χ1n) is 6.99. The van der Waals surface area contributed by atoms with Crippen molar-refractivity contribution in [3.63, 3.8) is 0 Å². The number of nitrogens with two attached hydrogens (primary N) is 1. The smallest absolute Gasteiger partial charge is 0.137 e. The summed E-state index contributed by atoms with van der Waals surface area (Å²) in [4.78, 5) is 1.49. The summed E-state index contributed by atoms with van der Waals surface area (Å²) in [5.41, 5.74) is 6.85. The maximum atomic E-state index is 14.2. The van der Waals surface area contributed by atoms with E-state index in [0.717, 1.165) is 22.6 Å². The average molecular weight is 305 g/mol. The van der Waals surface area contributed by atoms with Crippen LogP contribution in [-0.2, 0) is 6.42 Å². The van der Waals surface area contributed by atoms with E-state index in [1.54, 1.807) is 13.2 Å². The van der Waals surface area contributed by atoms with Gasteiger partial charge in [-0.25, -0.2) is 4.39 Å². The SMILES string of the molecule is CCC(N)Cc1ccc(Sc2ccccc2OC)c(F)c1. The lowest BCUT2D eigenvalue weighted by molar-refractivity contribution is 0.405. The molecule has 0 heterocycles. The summed E-state index contributed by atoms with van der Waals surface area (Å²) in [5.74, 6) is 0.533. The molecule has 0 aliphatic heterocycles. The predicted octanol–water partition coefficient (Wildman–Crippen LogP) is 4.27. The first kappa shape index (κ1) is 15.9. The second-order valence-electron chi connectivity index (χ2n) is 4.89. The Kier molecular flexibility index (Phi) is 5.65. The molecule has 0 aliphatic carbocycles. The molecule has 0 fully saturated rings. The molecule has 1 atom stereocenters. The summed E-state index contributed by atoms with van der Waals surface area (Å²) in [7, 11) is 1.62. The van der Waals surface area contributed by atoms with Gasteiger partial charge in [0, 0.05) is 10.9 Å². The van der Waals surface area contributed by atoms with Crippen LogP contribution in [0, 0.1) is 5.82 Å². The Morgan fingerprint density at radius 2 is 1.95 bits per heavy atom. The van der Waals surface area contributed by atoms with E-state index in [-0.39, 0.29) is 11.9 Å². The van der Waals surface area contributed by atoms with Crippen LogP contribution in [0.5, 0.6) is 5.75 Å². The fourth-order valence-electron chi connectivity index (χ4n) is 2.02. The number of hydrogen-bond donors (Lipinski definition) is 1. The summed E-state index contributed by atoms with van der Waals surface area (Å²) in [5, 5.41) is 0. The second-order valence-corrected chi connectivity index (χ2v) is 5.97. The first-order valence-corrected chi connectivity index (χ1v) is 7.80. The van der Waals surface area contributed by atoms with E-state index in [1.165, 1.54) is 11.8 Å². The van der Waals surface area contributed by atoms with Crippen molar-refractivity contribution in [2.75, 3.05) is 7.11 Å². The van der Waals surface area contributed by atoms with Crippen LogP contribution in [0.2, 0.25) is 0 Å². The van der Waals surface area contributed by atoms with Gasteiger partial charge in [0.25, 0.3) is 0 Å². The summed E-state index contributed by atoms with van der Waals surface area (Å²) >= 11 is 1.37. The van der Waals surface area contributed by atoms with Gasteiger partial charge in [-0.1, -0.05) is 36.9 Å². The van der Waals surface area contributed by atoms with Gasteiger partial charge in [-0.3, -0.25) is 0 Å². The number of halogens is 1. The molecule has 2 N–H and O–H groups in total. The molecule has 0 saturated heterocycles. The van der Waals surface area contributed by atoms with Crippen LogP contribution in [-0.4, -0.2) is 13.2 Å². The van der Waals surface area contributed by atoms with Gasteiger partial charge in [-0.15, -0.1) is 0 Å². The summed E-state index contributed by atoms with van der Waals surface area (Å²) in [6, 6.07) is 13.0. The van der Waals surface area contributed by atoms with Gasteiger partial charge >= 0.3 is 0 Å². The lowest BCUT2D eigenvalue weighted by Crippen LogP contribution is -2.21. The van der Waals surface area contributed by atoms with E-state index < -0.39 is 0 Å². The molecule has 2 rings (SSSR count). The molecule has 4 heteroatoms. The molecule has 0 aliphatic rings. The molecule has 0 spiro atoms. The van der Waals surface area contributed by atoms with Crippen LogP contribution in [0.15, 0.2) is 52.3 Å². The van der Waals surface area contributed by atoms with Crippen molar-refractivity contribution in [2.24, 2.45) is 5.73 Å². The van der Waals surface area contributed by atoms with E-state index in [1.807, 2.05) is 43.3 Å². The molecule has 21 heavy (non-hydrogen) atoms. The number of rotatable bonds is 6. The predicted molar refractivity (Wildman–Crippen MR) is 85.5 cm³/mol. The monoisotopic (exact) mass is 305 g/mol. The molecule has 2 nitrogen and oxygen atoms in total. The molecular weight excluding hydrogens is 285 g/mol. The highest BCUT2D eigenvalue weighted by Crippen LogP contribution is 2.36. The highest BCUT2D eigenvalue weighted by Gasteiger charge is 2.10. The first-order chi connectivity index (χ1) is 10.1. The van der Waals surface area contributed by atoms with Gasteiger partial charge in [0.2, 0.25) is 0 Å². The van der Waals surface area contributed by atoms with Gasteiger partial charge in [0.15, 0.2) is 0 Å². The van der Waals surface area contributed by atoms with Crippen LogP contribution >= 0.6 is 11.8 Å². The third-order valence-corrected chi connectivity index (χ3v) is 4.42. The van der Waals surface area contributed by atoms with Crippen molar-refractivity contribution in [1.82, 2.24) is 0 Å². The van der Waals surface area contributed by atoms with Crippen LogP contribution in [0.25, 0.3) is 0 Å². The molecule has 0 saturated carbocycles. The minimum Gasteiger partial charge on any atom is -0.496 e.